The van der Waals surface area contributed by atoms with E-state index in [1.807, 2.05) is 35.7 Å². The molecule has 1 N–H and O–H groups in total. The van der Waals surface area contributed by atoms with Gasteiger partial charge in [0.1, 0.15) is 0 Å². The minimum Gasteiger partial charge on any atom is -0.481 e. The number of amides is 2. The molecular formula is C19H20N2O4S. The summed E-state index contributed by atoms with van der Waals surface area (Å²) in [6.07, 6.45) is 0. The summed E-state index contributed by atoms with van der Waals surface area (Å²) < 4.78 is 0. The third-order valence-corrected chi connectivity index (χ3v) is 5.53. The first-order valence-electron chi connectivity index (χ1n) is 8.32. The Morgan fingerprint density at radius 1 is 1.15 bits per heavy atom. The number of rotatable bonds is 5. The number of nitrogens with zero attached hydrogens (tertiary/aromatic N) is 2. The van der Waals surface area contributed by atoms with Crippen molar-refractivity contribution >= 4 is 29.1 Å². The number of carbonyl (C=O) groups is 3. The second kappa shape index (κ2) is 7.70. The van der Waals surface area contributed by atoms with Gasteiger partial charge in [0.2, 0.25) is 5.91 Å². The molecule has 7 heteroatoms. The summed E-state index contributed by atoms with van der Waals surface area (Å²) >= 11 is 1.33. The monoisotopic (exact) mass is 372 g/mol. The van der Waals surface area contributed by atoms with E-state index in [-0.39, 0.29) is 30.8 Å². The Balaban J connectivity index is 1.68. The van der Waals surface area contributed by atoms with Gasteiger partial charge in [-0.2, -0.15) is 0 Å². The molecular weight excluding hydrogens is 352 g/mol. The van der Waals surface area contributed by atoms with Gasteiger partial charge in [-0.05, 0) is 17.0 Å². The van der Waals surface area contributed by atoms with Crippen molar-refractivity contribution in [3.8, 4) is 0 Å². The molecule has 6 nitrogen and oxygen atoms in total. The number of thiophene rings is 1. The Kier molecular flexibility index (Phi) is 5.37. The maximum atomic E-state index is 12.6. The Bertz CT molecular complexity index is 791. The zero-order valence-electron chi connectivity index (χ0n) is 14.4. The molecule has 0 radical (unpaired) electrons. The average molecular weight is 372 g/mol. The minimum atomic E-state index is -0.905. The average Bonchev–Trinajstić information content (AvgIpc) is 3.31. The lowest BCUT2D eigenvalue weighted by Gasteiger charge is -2.21. The first-order chi connectivity index (χ1) is 12.5. The van der Waals surface area contributed by atoms with Crippen LogP contribution in [0.4, 0.5) is 0 Å². The predicted octanol–water partition coefficient (Wildman–Crippen LogP) is 2.15. The largest absolute Gasteiger partial charge is 0.481 e. The van der Waals surface area contributed by atoms with E-state index in [1.54, 1.807) is 24.1 Å². The normalized spacial score (nSPS) is 19.3. The zero-order valence-corrected chi connectivity index (χ0v) is 15.2. The molecule has 26 heavy (non-hydrogen) atoms. The van der Waals surface area contributed by atoms with Gasteiger partial charge in [-0.3, -0.25) is 14.4 Å². The van der Waals surface area contributed by atoms with Crippen molar-refractivity contribution in [1.29, 1.82) is 0 Å². The number of hydrogen-bond donors (Lipinski definition) is 1. The summed E-state index contributed by atoms with van der Waals surface area (Å²) in [4.78, 5) is 40.0. The summed E-state index contributed by atoms with van der Waals surface area (Å²) in [7, 11) is 1.58. The molecule has 1 aromatic heterocycles. The highest BCUT2D eigenvalue weighted by Crippen LogP contribution is 2.33. The molecule has 136 valence electrons. The molecule has 1 saturated heterocycles. The molecule has 1 aliphatic rings. The van der Waals surface area contributed by atoms with Crippen molar-refractivity contribution in [3.63, 3.8) is 0 Å². The van der Waals surface area contributed by atoms with Crippen LogP contribution in [0.2, 0.25) is 0 Å². The van der Waals surface area contributed by atoms with E-state index in [0.717, 1.165) is 5.56 Å². The fraction of sp³-hybridized carbons (Fsp3) is 0.316. The van der Waals surface area contributed by atoms with Crippen LogP contribution in [-0.4, -0.2) is 59.4 Å². The van der Waals surface area contributed by atoms with Crippen LogP contribution in [0.3, 0.4) is 0 Å². The summed E-state index contributed by atoms with van der Waals surface area (Å²) in [6, 6.07) is 12.9. The minimum absolute atomic E-state index is 0.0649. The number of aliphatic carboxylic acids is 1. The van der Waals surface area contributed by atoms with Crippen molar-refractivity contribution in [2.45, 2.75) is 5.92 Å². The predicted molar refractivity (Wildman–Crippen MR) is 98.2 cm³/mol. The highest BCUT2D eigenvalue weighted by Gasteiger charge is 2.40. The number of carbonyl (C=O) groups excluding carboxylic acids is 2. The molecule has 0 unspecified atom stereocenters. The van der Waals surface area contributed by atoms with Crippen molar-refractivity contribution in [1.82, 2.24) is 9.80 Å². The summed E-state index contributed by atoms with van der Waals surface area (Å²) in [5.74, 6) is -2.23. The third kappa shape index (κ3) is 3.77. The van der Waals surface area contributed by atoms with Crippen LogP contribution in [0.15, 0.2) is 47.8 Å². The van der Waals surface area contributed by atoms with Gasteiger partial charge in [-0.15, -0.1) is 11.3 Å². The van der Waals surface area contributed by atoms with Gasteiger partial charge in [0.15, 0.2) is 0 Å². The van der Waals surface area contributed by atoms with E-state index in [4.69, 9.17) is 0 Å². The van der Waals surface area contributed by atoms with Crippen molar-refractivity contribution in [2.75, 3.05) is 26.7 Å². The highest BCUT2D eigenvalue weighted by atomic mass is 32.1. The SMILES string of the molecule is CN(CC(=O)N1C[C@H](C(=O)O)[C@H](c2ccccc2)C1)C(=O)c1cccs1. The first kappa shape index (κ1) is 18.1. The van der Waals surface area contributed by atoms with Crippen LogP contribution in [0, 0.1) is 5.92 Å². The molecule has 1 aromatic carbocycles. The van der Waals surface area contributed by atoms with Gasteiger partial charge < -0.3 is 14.9 Å². The fourth-order valence-electron chi connectivity index (χ4n) is 3.26. The second-order valence-electron chi connectivity index (χ2n) is 6.40. The molecule has 3 rings (SSSR count). The van der Waals surface area contributed by atoms with E-state index >= 15 is 0 Å². The van der Waals surface area contributed by atoms with Crippen LogP contribution >= 0.6 is 11.3 Å². The number of hydrogen-bond acceptors (Lipinski definition) is 4. The fourth-order valence-corrected chi connectivity index (χ4v) is 3.98. The Morgan fingerprint density at radius 3 is 2.50 bits per heavy atom. The zero-order chi connectivity index (χ0) is 18.7. The van der Waals surface area contributed by atoms with E-state index in [9.17, 15) is 19.5 Å². The van der Waals surface area contributed by atoms with Gasteiger partial charge >= 0.3 is 5.97 Å². The van der Waals surface area contributed by atoms with Crippen LogP contribution < -0.4 is 0 Å². The first-order valence-corrected chi connectivity index (χ1v) is 9.20. The van der Waals surface area contributed by atoms with Crippen LogP contribution in [0.5, 0.6) is 0 Å². The van der Waals surface area contributed by atoms with E-state index < -0.39 is 11.9 Å². The Hall–Kier alpha value is -2.67. The molecule has 1 fully saturated rings. The molecule has 2 aromatic rings. The Morgan fingerprint density at radius 2 is 1.88 bits per heavy atom. The number of likely N-dealkylation sites (N-methyl/N-ethyl adjacent to an activating group) is 1. The molecule has 0 aliphatic carbocycles. The van der Waals surface area contributed by atoms with Crippen LogP contribution in [0.25, 0.3) is 0 Å². The van der Waals surface area contributed by atoms with Crippen LogP contribution in [0.1, 0.15) is 21.2 Å². The maximum Gasteiger partial charge on any atom is 0.308 e. The van der Waals surface area contributed by atoms with Gasteiger partial charge in [0.25, 0.3) is 5.91 Å². The number of benzene rings is 1. The highest BCUT2D eigenvalue weighted by molar-refractivity contribution is 7.12. The third-order valence-electron chi connectivity index (χ3n) is 4.67. The van der Waals surface area contributed by atoms with E-state index in [0.29, 0.717) is 11.4 Å². The standard InChI is InChI=1S/C19H20N2O4S/c1-20(18(23)16-8-5-9-26-16)12-17(22)21-10-14(15(11-21)19(24)25)13-6-3-2-4-7-13/h2-9,14-15H,10-12H2,1H3,(H,24,25)/t14-,15-/m0/s1. The molecule has 0 bridgehead atoms. The number of likely N-dealkylation sites (tertiary alicyclic amines) is 1. The summed E-state index contributed by atoms with van der Waals surface area (Å²) in [6.45, 7) is 0.445. The number of carboxylic acid groups (broad SMARTS) is 1. The lowest BCUT2D eigenvalue weighted by Crippen LogP contribution is -2.40. The summed E-state index contributed by atoms with van der Waals surface area (Å²) in [5.41, 5.74) is 0.915. The lowest BCUT2D eigenvalue weighted by molar-refractivity contribution is -0.141. The van der Waals surface area contributed by atoms with E-state index in [1.165, 1.54) is 16.2 Å². The van der Waals surface area contributed by atoms with Gasteiger partial charge in [-0.25, -0.2) is 0 Å². The molecule has 1 aliphatic heterocycles. The molecule has 0 saturated carbocycles. The molecule has 2 heterocycles. The van der Waals surface area contributed by atoms with Crippen LogP contribution in [-0.2, 0) is 9.59 Å². The maximum absolute atomic E-state index is 12.6. The topological polar surface area (TPSA) is 77.9 Å². The van der Waals surface area contributed by atoms with Crippen molar-refractivity contribution in [2.24, 2.45) is 5.92 Å². The Labute approximate surface area is 155 Å². The van der Waals surface area contributed by atoms with E-state index in [2.05, 4.69) is 0 Å². The second-order valence-corrected chi connectivity index (χ2v) is 7.35. The van der Waals surface area contributed by atoms with Gasteiger partial charge in [-0.1, -0.05) is 36.4 Å². The quantitative estimate of drug-likeness (QED) is 0.872. The van der Waals surface area contributed by atoms with Crippen molar-refractivity contribution in [3.05, 3.63) is 58.3 Å². The van der Waals surface area contributed by atoms with Gasteiger partial charge in [0, 0.05) is 26.1 Å². The summed E-state index contributed by atoms with van der Waals surface area (Å²) in [5, 5.41) is 11.3. The number of carboxylic acids is 1. The van der Waals surface area contributed by atoms with Crippen molar-refractivity contribution < 1.29 is 19.5 Å². The van der Waals surface area contributed by atoms with Gasteiger partial charge in [0.05, 0.1) is 17.3 Å². The molecule has 2 atom stereocenters. The molecule has 0 spiro atoms. The smallest absolute Gasteiger partial charge is 0.308 e. The lowest BCUT2D eigenvalue weighted by atomic mass is 9.89. The molecule has 2 amide bonds.